The molecule has 0 saturated carbocycles. The van der Waals surface area contributed by atoms with E-state index in [4.69, 9.17) is 5.84 Å². The minimum Gasteiger partial charge on any atom is -0.286 e. The molecule has 26 heavy (non-hydrogen) atoms. The Bertz CT molecular complexity index is 627. The third-order valence-electron chi connectivity index (χ3n) is 3.71. The number of carbonyl (C=O) groups is 2. The summed E-state index contributed by atoms with van der Waals surface area (Å²) in [5, 5.41) is 10.1. The lowest BCUT2D eigenvalue weighted by Crippen LogP contribution is -2.46. The van der Waals surface area contributed by atoms with Gasteiger partial charge < -0.3 is 0 Å². The molecule has 0 bridgehead atoms. The van der Waals surface area contributed by atoms with Crippen molar-refractivity contribution < 1.29 is 28.0 Å². The fourth-order valence-electron chi connectivity index (χ4n) is 2.33. The quantitative estimate of drug-likeness (QED) is 0.170. The summed E-state index contributed by atoms with van der Waals surface area (Å²) < 4.78 is 38.9. The molecule has 1 rings (SSSR count). The van der Waals surface area contributed by atoms with Gasteiger partial charge in [-0.15, -0.1) is 0 Å². The number of halogens is 3. The number of nitrogens with two attached hydrogens (primary N) is 1. The SMILES string of the molecule is CCCCC[C@H](CN(O)C=O)C(=O)N(N)c1ncc(C)c(C(F)(F)F)n1. The number of amides is 2. The summed E-state index contributed by atoms with van der Waals surface area (Å²) in [5.41, 5.74) is -1.39. The lowest BCUT2D eigenvalue weighted by atomic mass is 10.00. The maximum atomic E-state index is 13.0. The van der Waals surface area contributed by atoms with Crippen molar-refractivity contribution in [2.75, 3.05) is 11.6 Å². The molecular formula is C15H22F3N5O3. The highest BCUT2D eigenvalue weighted by atomic mass is 19.4. The number of hydrogen-bond donors (Lipinski definition) is 2. The van der Waals surface area contributed by atoms with Crippen LogP contribution in [-0.4, -0.2) is 39.1 Å². The highest BCUT2D eigenvalue weighted by Gasteiger charge is 2.36. The Morgan fingerprint density at radius 1 is 1.42 bits per heavy atom. The van der Waals surface area contributed by atoms with Crippen LogP contribution in [0, 0.1) is 12.8 Å². The van der Waals surface area contributed by atoms with E-state index in [1.54, 1.807) is 0 Å². The number of unbranched alkanes of at least 4 members (excludes halogenated alkanes) is 2. The number of hydrogen-bond acceptors (Lipinski definition) is 6. The van der Waals surface area contributed by atoms with Gasteiger partial charge in [0.1, 0.15) is 0 Å². The highest BCUT2D eigenvalue weighted by Crippen LogP contribution is 2.30. The lowest BCUT2D eigenvalue weighted by Gasteiger charge is -2.24. The first-order valence-electron chi connectivity index (χ1n) is 8.02. The van der Waals surface area contributed by atoms with Crippen molar-refractivity contribution in [3.05, 3.63) is 17.5 Å². The van der Waals surface area contributed by atoms with E-state index in [9.17, 15) is 28.0 Å². The van der Waals surface area contributed by atoms with Gasteiger partial charge in [0.25, 0.3) is 0 Å². The van der Waals surface area contributed by atoms with Crippen LogP contribution >= 0.6 is 0 Å². The summed E-state index contributed by atoms with van der Waals surface area (Å²) in [6.07, 6.45) is -1.07. The molecule has 2 amide bonds. The first-order chi connectivity index (χ1) is 12.1. The average Bonchev–Trinajstić information content (AvgIpc) is 2.59. The molecule has 1 aromatic rings. The monoisotopic (exact) mass is 377 g/mol. The molecule has 0 aromatic carbocycles. The fourth-order valence-corrected chi connectivity index (χ4v) is 2.33. The fraction of sp³-hybridized carbons (Fsp3) is 0.600. The molecule has 0 radical (unpaired) electrons. The van der Waals surface area contributed by atoms with Crippen molar-refractivity contribution >= 4 is 18.3 Å². The van der Waals surface area contributed by atoms with Crippen LogP contribution in [0.15, 0.2) is 6.20 Å². The summed E-state index contributed by atoms with van der Waals surface area (Å²) in [5.74, 6) is 3.32. The van der Waals surface area contributed by atoms with Crippen molar-refractivity contribution in [2.45, 2.75) is 45.7 Å². The van der Waals surface area contributed by atoms with E-state index in [-0.39, 0.29) is 18.5 Å². The van der Waals surface area contributed by atoms with Crippen molar-refractivity contribution in [1.29, 1.82) is 0 Å². The van der Waals surface area contributed by atoms with Gasteiger partial charge in [-0.1, -0.05) is 26.2 Å². The summed E-state index contributed by atoms with van der Waals surface area (Å²) in [4.78, 5) is 30.1. The van der Waals surface area contributed by atoms with Gasteiger partial charge in [-0.3, -0.25) is 14.8 Å². The topological polar surface area (TPSA) is 113 Å². The van der Waals surface area contributed by atoms with Crippen LogP contribution in [0.25, 0.3) is 0 Å². The number of carbonyl (C=O) groups excluding carboxylic acids is 2. The second-order valence-electron chi connectivity index (χ2n) is 5.83. The number of hydrazine groups is 1. The summed E-state index contributed by atoms with van der Waals surface area (Å²) in [6.45, 7) is 2.81. The van der Waals surface area contributed by atoms with Gasteiger partial charge >= 0.3 is 6.18 Å². The third-order valence-corrected chi connectivity index (χ3v) is 3.71. The molecule has 146 valence electrons. The van der Waals surface area contributed by atoms with Crippen LogP contribution in [0.5, 0.6) is 0 Å². The molecule has 0 aliphatic rings. The van der Waals surface area contributed by atoms with Gasteiger partial charge in [-0.2, -0.15) is 13.2 Å². The van der Waals surface area contributed by atoms with Gasteiger partial charge in [0, 0.05) is 6.20 Å². The number of alkyl halides is 3. The number of rotatable bonds is 9. The van der Waals surface area contributed by atoms with Crippen LogP contribution in [0.4, 0.5) is 19.1 Å². The predicted octanol–water partition coefficient (Wildman–Crippen LogP) is 2.05. The number of nitrogens with zero attached hydrogens (tertiary/aromatic N) is 4. The first kappa shape index (κ1) is 21.8. The number of aromatic nitrogens is 2. The molecule has 0 aliphatic heterocycles. The summed E-state index contributed by atoms with van der Waals surface area (Å²) in [7, 11) is 0. The number of hydroxylamine groups is 2. The molecule has 11 heteroatoms. The molecule has 0 unspecified atom stereocenters. The molecule has 8 nitrogen and oxygen atoms in total. The Kier molecular flexibility index (Phi) is 7.90. The van der Waals surface area contributed by atoms with Crippen LogP contribution in [0.1, 0.15) is 43.9 Å². The summed E-state index contributed by atoms with van der Waals surface area (Å²) in [6, 6.07) is 0. The van der Waals surface area contributed by atoms with Crippen LogP contribution < -0.4 is 10.9 Å². The van der Waals surface area contributed by atoms with E-state index in [0.29, 0.717) is 22.9 Å². The molecule has 1 heterocycles. The van der Waals surface area contributed by atoms with E-state index >= 15 is 0 Å². The normalized spacial score (nSPS) is 12.6. The van der Waals surface area contributed by atoms with Crippen molar-refractivity contribution in [3.63, 3.8) is 0 Å². The maximum Gasteiger partial charge on any atom is 0.433 e. The molecule has 1 atom stereocenters. The molecule has 3 N–H and O–H groups in total. The van der Waals surface area contributed by atoms with Crippen molar-refractivity contribution in [2.24, 2.45) is 11.8 Å². The van der Waals surface area contributed by atoms with Gasteiger partial charge in [0.2, 0.25) is 18.3 Å². The molecule has 0 fully saturated rings. The second-order valence-corrected chi connectivity index (χ2v) is 5.83. The van der Waals surface area contributed by atoms with E-state index < -0.39 is 29.6 Å². The predicted molar refractivity (Wildman–Crippen MR) is 85.6 cm³/mol. The van der Waals surface area contributed by atoms with E-state index in [0.717, 1.165) is 19.0 Å². The van der Waals surface area contributed by atoms with Crippen LogP contribution in [0.3, 0.4) is 0 Å². The zero-order valence-corrected chi connectivity index (χ0v) is 14.5. The molecule has 0 aliphatic carbocycles. The zero-order chi connectivity index (χ0) is 19.9. The standard InChI is InChI=1S/C15H22F3N5O3/c1-3-4-5-6-11(8-22(26)9-24)13(25)23(19)14-20-7-10(2)12(21-14)15(16,17)18/h7,9,11,26H,3-6,8,19H2,1-2H3/t11-/m1/s1. The van der Waals surface area contributed by atoms with Crippen LogP contribution in [0.2, 0.25) is 0 Å². The highest BCUT2D eigenvalue weighted by molar-refractivity contribution is 5.92. The van der Waals surface area contributed by atoms with E-state index in [2.05, 4.69) is 9.97 Å². The summed E-state index contributed by atoms with van der Waals surface area (Å²) >= 11 is 0. The largest absolute Gasteiger partial charge is 0.433 e. The third kappa shape index (κ3) is 5.92. The van der Waals surface area contributed by atoms with Gasteiger partial charge in [-0.25, -0.2) is 25.9 Å². The second kappa shape index (κ2) is 9.43. The lowest BCUT2D eigenvalue weighted by molar-refractivity contribution is -0.154. The smallest absolute Gasteiger partial charge is 0.286 e. The van der Waals surface area contributed by atoms with Gasteiger partial charge in [0.05, 0.1) is 12.5 Å². The Hall–Kier alpha value is -2.27. The van der Waals surface area contributed by atoms with E-state index in [1.807, 2.05) is 6.92 Å². The molecule has 0 saturated heterocycles. The van der Waals surface area contributed by atoms with Crippen molar-refractivity contribution in [3.8, 4) is 0 Å². The Balaban J connectivity index is 3.04. The maximum absolute atomic E-state index is 13.0. The average molecular weight is 377 g/mol. The van der Waals surface area contributed by atoms with Crippen LogP contribution in [-0.2, 0) is 15.8 Å². The van der Waals surface area contributed by atoms with E-state index in [1.165, 1.54) is 6.92 Å². The minimum atomic E-state index is -4.72. The first-order valence-corrected chi connectivity index (χ1v) is 8.02. The zero-order valence-electron chi connectivity index (χ0n) is 14.5. The number of anilines is 1. The number of aryl methyl sites for hydroxylation is 1. The molecule has 0 spiro atoms. The van der Waals surface area contributed by atoms with Crippen molar-refractivity contribution in [1.82, 2.24) is 15.0 Å². The molecule has 1 aromatic heterocycles. The minimum absolute atomic E-state index is 0.130. The Morgan fingerprint density at radius 3 is 2.62 bits per heavy atom. The van der Waals surface area contributed by atoms with Gasteiger partial charge in [0.15, 0.2) is 5.69 Å². The van der Waals surface area contributed by atoms with Gasteiger partial charge in [-0.05, 0) is 18.9 Å². The molecular weight excluding hydrogens is 355 g/mol. The Morgan fingerprint density at radius 2 is 2.08 bits per heavy atom. The Labute approximate surface area is 148 Å².